The molecule has 0 spiro atoms. The van der Waals surface area contributed by atoms with Gasteiger partial charge in [0.25, 0.3) is 11.5 Å². The van der Waals surface area contributed by atoms with Gasteiger partial charge in [-0.3, -0.25) is 18.9 Å². The lowest BCUT2D eigenvalue weighted by Crippen LogP contribution is -2.29. The number of amides is 1. The molecule has 0 aromatic carbocycles. The number of pyridine rings is 1. The summed E-state index contributed by atoms with van der Waals surface area (Å²) < 4.78 is 7.27. The number of thiocarbonyl (C=S) groups is 1. The molecule has 3 heterocycles. The van der Waals surface area contributed by atoms with Crippen LogP contribution in [-0.2, 0) is 9.53 Å². The molecule has 10 heteroatoms. The highest BCUT2D eigenvalue weighted by molar-refractivity contribution is 8.26. The van der Waals surface area contributed by atoms with E-state index < -0.39 is 0 Å². The van der Waals surface area contributed by atoms with Crippen LogP contribution in [0.1, 0.15) is 31.4 Å². The predicted octanol–water partition coefficient (Wildman–Crippen LogP) is 2.67. The number of hydrogen-bond acceptors (Lipinski definition) is 8. The number of nitrogens with zero attached hydrogens (tertiary/aromatic N) is 3. The number of nitrogens with one attached hydrogen (secondary N) is 1. The fourth-order valence-corrected chi connectivity index (χ4v) is 4.49. The molecule has 0 unspecified atom stereocenters. The first-order valence-corrected chi connectivity index (χ1v) is 11.8. The maximum absolute atomic E-state index is 13.3. The number of hydrogen-bond donors (Lipinski definition) is 2. The van der Waals surface area contributed by atoms with Crippen LogP contribution in [-0.4, -0.2) is 62.5 Å². The molecule has 0 radical (unpaired) electrons. The summed E-state index contributed by atoms with van der Waals surface area (Å²) in [5, 5.41) is 12.0. The van der Waals surface area contributed by atoms with Crippen molar-refractivity contribution in [1.29, 1.82) is 0 Å². The van der Waals surface area contributed by atoms with Crippen LogP contribution in [0.3, 0.4) is 0 Å². The molecule has 1 amide bonds. The van der Waals surface area contributed by atoms with Gasteiger partial charge in [-0.1, -0.05) is 43.9 Å². The van der Waals surface area contributed by atoms with Gasteiger partial charge in [-0.25, -0.2) is 4.98 Å². The summed E-state index contributed by atoms with van der Waals surface area (Å²) in [4.78, 5) is 32.9. The van der Waals surface area contributed by atoms with Gasteiger partial charge in [0, 0.05) is 19.3 Å². The first-order chi connectivity index (χ1) is 15.3. The Morgan fingerprint density at radius 1 is 1.34 bits per heavy atom. The Hall–Kier alpha value is -2.27. The van der Waals surface area contributed by atoms with E-state index in [1.165, 1.54) is 16.2 Å². The number of anilines is 1. The molecule has 1 fully saturated rings. The Balaban J connectivity index is 1.97. The summed E-state index contributed by atoms with van der Waals surface area (Å²) in [6.07, 6.45) is 4.09. The van der Waals surface area contributed by atoms with Gasteiger partial charge in [-0.05, 0) is 37.0 Å². The molecule has 0 aliphatic carbocycles. The molecule has 2 N–H and O–H groups in total. The summed E-state index contributed by atoms with van der Waals surface area (Å²) in [5.41, 5.74) is 1.41. The van der Waals surface area contributed by atoms with Crippen LogP contribution in [0.25, 0.3) is 11.7 Å². The van der Waals surface area contributed by atoms with Gasteiger partial charge in [-0.15, -0.1) is 0 Å². The van der Waals surface area contributed by atoms with E-state index in [0.717, 1.165) is 12.0 Å². The van der Waals surface area contributed by atoms with E-state index in [0.29, 0.717) is 51.9 Å². The number of fused-ring (bicyclic) bond motifs is 1. The standard InChI is InChI=1S/C22H28N4O4S2/c1-14(2)6-9-26-21(29)17(32-22(26)31)13-16-18(23-7-11-30-12-10-27)24-19-15(3)5-4-8-25(19)20(16)28/h4-5,8,13-14,23,27H,6-7,9-12H2,1-3H3. The molecule has 0 bridgehead atoms. The molecule has 172 valence electrons. The number of aliphatic hydroxyl groups excluding tert-OH is 1. The molecule has 2 aromatic heterocycles. The van der Waals surface area contributed by atoms with Gasteiger partial charge in [-0.2, -0.15) is 0 Å². The Bertz CT molecular complexity index is 1100. The number of rotatable bonds is 10. The molecular weight excluding hydrogens is 448 g/mol. The monoisotopic (exact) mass is 476 g/mol. The van der Waals surface area contributed by atoms with E-state index >= 15 is 0 Å². The van der Waals surface area contributed by atoms with Crippen molar-refractivity contribution in [3.63, 3.8) is 0 Å². The lowest BCUT2D eigenvalue weighted by molar-refractivity contribution is -0.122. The van der Waals surface area contributed by atoms with Crippen molar-refractivity contribution in [3.8, 4) is 0 Å². The normalized spacial score (nSPS) is 15.5. The van der Waals surface area contributed by atoms with Crippen LogP contribution in [0.15, 0.2) is 28.0 Å². The van der Waals surface area contributed by atoms with Gasteiger partial charge in [0.1, 0.15) is 15.8 Å². The number of aryl methyl sites for hydroxylation is 1. The molecule has 1 aliphatic heterocycles. The van der Waals surface area contributed by atoms with Crippen LogP contribution < -0.4 is 10.9 Å². The fraction of sp³-hybridized carbons (Fsp3) is 0.455. The third-order valence-corrected chi connectivity index (χ3v) is 6.32. The second kappa shape index (κ2) is 11.0. The topological polar surface area (TPSA) is 96.2 Å². The summed E-state index contributed by atoms with van der Waals surface area (Å²) in [6.45, 7) is 7.55. The zero-order valence-corrected chi connectivity index (χ0v) is 20.1. The minimum absolute atomic E-state index is 0.0569. The maximum atomic E-state index is 13.3. The van der Waals surface area contributed by atoms with Gasteiger partial charge in [0.15, 0.2) is 0 Å². The van der Waals surface area contributed by atoms with Crippen molar-refractivity contribution in [2.24, 2.45) is 5.92 Å². The molecule has 1 aliphatic rings. The lowest BCUT2D eigenvalue weighted by atomic mass is 10.1. The van der Waals surface area contributed by atoms with Crippen molar-refractivity contribution in [2.75, 3.05) is 38.2 Å². The molecule has 2 aromatic rings. The molecule has 1 saturated heterocycles. The summed E-state index contributed by atoms with van der Waals surface area (Å²) in [6, 6.07) is 3.67. The molecule has 8 nitrogen and oxygen atoms in total. The largest absolute Gasteiger partial charge is 0.394 e. The third kappa shape index (κ3) is 5.55. The summed E-state index contributed by atoms with van der Waals surface area (Å²) in [7, 11) is 0. The van der Waals surface area contributed by atoms with Crippen LogP contribution in [0, 0.1) is 12.8 Å². The number of ether oxygens (including phenoxy) is 1. The van der Waals surface area contributed by atoms with Crippen LogP contribution in [0.4, 0.5) is 5.82 Å². The second-order valence-corrected chi connectivity index (χ2v) is 9.52. The minimum atomic E-state index is -0.273. The van der Waals surface area contributed by atoms with E-state index in [9.17, 15) is 9.59 Å². The predicted molar refractivity (Wildman–Crippen MR) is 132 cm³/mol. The average Bonchev–Trinajstić information content (AvgIpc) is 3.02. The number of carbonyl (C=O) groups excluding carboxylic acids is 1. The number of aromatic nitrogens is 2. The second-order valence-electron chi connectivity index (χ2n) is 7.84. The molecular formula is C22H28N4O4S2. The van der Waals surface area contributed by atoms with Crippen LogP contribution in [0.5, 0.6) is 0 Å². The van der Waals surface area contributed by atoms with E-state index in [2.05, 4.69) is 24.1 Å². The number of aliphatic hydroxyl groups is 1. The maximum Gasteiger partial charge on any atom is 0.267 e. The van der Waals surface area contributed by atoms with E-state index in [1.807, 2.05) is 13.0 Å². The number of carbonyl (C=O) groups is 1. The SMILES string of the molecule is Cc1cccn2c(=O)c(C=C3SC(=S)N(CCC(C)C)C3=O)c(NCCOCCO)nc12. The van der Waals surface area contributed by atoms with Crippen molar-refractivity contribution in [3.05, 3.63) is 44.7 Å². The van der Waals surface area contributed by atoms with E-state index in [4.69, 9.17) is 22.1 Å². The van der Waals surface area contributed by atoms with Crippen LogP contribution in [0.2, 0.25) is 0 Å². The fourth-order valence-electron chi connectivity index (χ4n) is 3.20. The van der Waals surface area contributed by atoms with Crippen molar-refractivity contribution in [2.45, 2.75) is 27.2 Å². The lowest BCUT2D eigenvalue weighted by Gasteiger charge is -2.15. The first-order valence-electron chi connectivity index (χ1n) is 10.5. The van der Waals surface area contributed by atoms with Gasteiger partial charge < -0.3 is 15.2 Å². The Labute approximate surface area is 196 Å². The molecule has 3 rings (SSSR count). The van der Waals surface area contributed by atoms with Crippen molar-refractivity contribution < 1.29 is 14.6 Å². The van der Waals surface area contributed by atoms with Gasteiger partial charge in [0.2, 0.25) is 0 Å². The molecule has 0 atom stereocenters. The van der Waals surface area contributed by atoms with Crippen LogP contribution >= 0.6 is 24.0 Å². The van der Waals surface area contributed by atoms with Crippen molar-refractivity contribution >= 4 is 51.7 Å². The Kier molecular flexibility index (Phi) is 8.41. The summed E-state index contributed by atoms with van der Waals surface area (Å²) in [5.74, 6) is 0.640. The van der Waals surface area contributed by atoms with E-state index in [1.54, 1.807) is 23.2 Å². The zero-order chi connectivity index (χ0) is 23.3. The number of thioether (sulfide) groups is 1. The highest BCUT2D eigenvalue weighted by Gasteiger charge is 2.32. The molecule has 32 heavy (non-hydrogen) atoms. The van der Waals surface area contributed by atoms with E-state index in [-0.39, 0.29) is 24.7 Å². The Morgan fingerprint density at radius 2 is 2.12 bits per heavy atom. The molecule has 0 saturated carbocycles. The highest BCUT2D eigenvalue weighted by Crippen LogP contribution is 2.33. The first kappa shape index (κ1) is 24.4. The van der Waals surface area contributed by atoms with Crippen molar-refractivity contribution in [1.82, 2.24) is 14.3 Å². The third-order valence-electron chi connectivity index (χ3n) is 4.94. The highest BCUT2D eigenvalue weighted by atomic mass is 32.2. The quantitative estimate of drug-likeness (QED) is 0.307. The summed E-state index contributed by atoms with van der Waals surface area (Å²) >= 11 is 6.61. The minimum Gasteiger partial charge on any atom is -0.394 e. The van der Waals surface area contributed by atoms with Gasteiger partial charge in [0.05, 0.1) is 30.3 Å². The van der Waals surface area contributed by atoms with Gasteiger partial charge >= 0.3 is 0 Å². The zero-order valence-electron chi connectivity index (χ0n) is 18.5. The average molecular weight is 477 g/mol. The Morgan fingerprint density at radius 3 is 2.84 bits per heavy atom. The smallest absolute Gasteiger partial charge is 0.267 e.